The van der Waals surface area contributed by atoms with Crippen LogP contribution in [-0.2, 0) is 14.6 Å². The minimum absolute atomic E-state index is 0.00284. The summed E-state index contributed by atoms with van der Waals surface area (Å²) in [6, 6.07) is 6.83. The van der Waals surface area contributed by atoms with Crippen molar-refractivity contribution in [2.45, 2.75) is 45.8 Å². The lowest BCUT2D eigenvalue weighted by atomic mass is 10.0. The molecule has 4 rings (SSSR count). The van der Waals surface area contributed by atoms with E-state index in [-0.39, 0.29) is 29.6 Å². The number of methoxy groups -OCH3 is 2. The largest absolute Gasteiger partial charge is 0.493 e. The van der Waals surface area contributed by atoms with Gasteiger partial charge in [0.25, 0.3) is 5.91 Å². The van der Waals surface area contributed by atoms with Crippen molar-refractivity contribution in [1.29, 1.82) is 0 Å². The molecule has 1 N–H and O–H groups in total. The van der Waals surface area contributed by atoms with Crippen molar-refractivity contribution < 1.29 is 27.4 Å². The fourth-order valence-electron chi connectivity index (χ4n) is 4.55. The van der Waals surface area contributed by atoms with Gasteiger partial charge in [-0.05, 0) is 57.9 Å². The summed E-state index contributed by atoms with van der Waals surface area (Å²) in [4.78, 5) is 18.3. The monoisotopic (exact) mass is 530 g/mol. The van der Waals surface area contributed by atoms with E-state index in [0.29, 0.717) is 65.5 Å². The molecule has 200 valence electrons. The van der Waals surface area contributed by atoms with Crippen LogP contribution in [0.2, 0.25) is 0 Å². The number of benzene rings is 1. The number of aryl methyl sites for hydroxylation is 1. The molecule has 0 spiro atoms. The summed E-state index contributed by atoms with van der Waals surface area (Å²) >= 11 is 0. The standard InChI is InChI=1S/C26H34N4O6S/c1-16(2)36-11-6-10-27-26(31)20-14-21(18-7-8-22(34-4)23(13-18)35-5)28-25-24(20)17(3)29-30(25)19-9-12-37(32,33)15-19/h7-8,13-14,16,19H,6,9-12,15H2,1-5H3,(H,27,31). The zero-order valence-electron chi connectivity index (χ0n) is 21.9. The van der Waals surface area contributed by atoms with E-state index in [1.165, 1.54) is 0 Å². The quantitative estimate of drug-likeness (QED) is 0.396. The summed E-state index contributed by atoms with van der Waals surface area (Å²) in [5.74, 6) is 0.971. The Morgan fingerprint density at radius 2 is 1.95 bits per heavy atom. The zero-order valence-corrected chi connectivity index (χ0v) is 22.7. The first kappa shape index (κ1) is 26.9. The van der Waals surface area contributed by atoms with E-state index in [9.17, 15) is 13.2 Å². The Hall–Kier alpha value is -3.18. The molecule has 0 saturated carbocycles. The van der Waals surface area contributed by atoms with E-state index in [1.54, 1.807) is 37.1 Å². The number of ether oxygens (including phenoxy) is 3. The number of nitrogens with zero attached hydrogens (tertiary/aromatic N) is 3. The number of rotatable bonds is 10. The Kier molecular flexibility index (Phi) is 8.03. The predicted octanol–water partition coefficient (Wildman–Crippen LogP) is 3.33. The molecule has 10 nitrogen and oxygen atoms in total. The second-order valence-electron chi connectivity index (χ2n) is 9.44. The third kappa shape index (κ3) is 5.88. The van der Waals surface area contributed by atoms with Crippen molar-refractivity contribution in [2.75, 3.05) is 38.9 Å². The van der Waals surface area contributed by atoms with E-state index < -0.39 is 9.84 Å². The number of amides is 1. The van der Waals surface area contributed by atoms with E-state index in [2.05, 4.69) is 10.4 Å². The van der Waals surface area contributed by atoms with Crippen molar-refractivity contribution in [1.82, 2.24) is 20.1 Å². The van der Waals surface area contributed by atoms with Gasteiger partial charge in [0, 0.05) is 18.7 Å². The third-order valence-corrected chi connectivity index (χ3v) is 8.12. The van der Waals surface area contributed by atoms with Gasteiger partial charge in [0.15, 0.2) is 27.0 Å². The van der Waals surface area contributed by atoms with Crippen molar-refractivity contribution >= 4 is 26.8 Å². The van der Waals surface area contributed by atoms with Gasteiger partial charge < -0.3 is 19.5 Å². The molecular weight excluding hydrogens is 496 g/mol. The molecule has 1 aromatic carbocycles. The van der Waals surface area contributed by atoms with Gasteiger partial charge in [-0.3, -0.25) is 4.79 Å². The van der Waals surface area contributed by atoms with Crippen molar-refractivity contribution in [2.24, 2.45) is 0 Å². The SMILES string of the molecule is COc1ccc(-c2cc(C(=O)NCCCOC(C)C)c3c(C)nn(C4CCS(=O)(=O)C4)c3n2)cc1OC. The van der Waals surface area contributed by atoms with Gasteiger partial charge in [0.1, 0.15) is 0 Å². The molecule has 2 aromatic heterocycles. The van der Waals surface area contributed by atoms with Gasteiger partial charge in [-0.1, -0.05) is 0 Å². The summed E-state index contributed by atoms with van der Waals surface area (Å²) in [6.07, 6.45) is 1.27. The van der Waals surface area contributed by atoms with Gasteiger partial charge in [-0.15, -0.1) is 0 Å². The zero-order chi connectivity index (χ0) is 26.7. The van der Waals surface area contributed by atoms with Gasteiger partial charge >= 0.3 is 0 Å². The van der Waals surface area contributed by atoms with Gasteiger partial charge in [-0.25, -0.2) is 18.1 Å². The first-order valence-corrected chi connectivity index (χ1v) is 14.2. The minimum atomic E-state index is -3.14. The third-order valence-electron chi connectivity index (χ3n) is 6.37. The van der Waals surface area contributed by atoms with E-state index >= 15 is 0 Å². The highest BCUT2D eigenvalue weighted by Crippen LogP contribution is 2.35. The lowest BCUT2D eigenvalue weighted by Gasteiger charge is -2.14. The fourth-order valence-corrected chi connectivity index (χ4v) is 6.24. The predicted molar refractivity (Wildman–Crippen MR) is 141 cm³/mol. The molecule has 37 heavy (non-hydrogen) atoms. The number of carbonyl (C=O) groups excluding carboxylic acids is 1. The highest BCUT2D eigenvalue weighted by atomic mass is 32.2. The Labute approximate surface area is 217 Å². The van der Waals surface area contributed by atoms with Crippen LogP contribution in [-0.4, -0.2) is 74.1 Å². The maximum absolute atomic E-state index is 13.4. The maximum atomic E-state index is 13.4. The highest BCUT2D eigenvalue weighted by Gasteiger charge is 2.32. The Morgan fingerprint density at radius 1 is 1.19 bits per heavy atom. The van der Waals surface area contributed by atoms with E-state index in [4.69, 9.17) is 19.2 Å². The number of hydrogen-bond acceptors (Lipinski definition) is 8. The lowest BCUT2D eigenvalue weighted by molar-refractivity contribution is 0.0757. The molecule has 1 saturated heterocycles. The smallest absolute Gasteiger partial charge is 0.252 e. The summed E-state index contributed by atoms with van der Waals surface area (Å²) < 4.78 is 42.5. The lowest BCUT2D eigenvalue weighted by Crippen LogP contribution is -2.26. The number of sulfone groups is 1. The average Bonchev–Trinajstić information content (AvgIpc) is 3.40. The Balaban J connectivity index is 1.78. The summed E-state index contributed by atoms with van der Waals surface area (Å²) in [5.41, 5.74) is 2.82. The van der Waals surface area contributed by atoms with Crippen LogP contribution >= 0.6 is 0 Å². The van der Waals surface area contributed by atoms with Crippen molar-refractivity contribution in [3.8, 4) is 22.8 Å². The first-order valence-electron chi connectivity index (χ1n) is 12.4. The van der Waals surface area contributed by atoms with Crippen LogP contribution in [0.25, 0.3) is 22.3 Å². The average molecular weight is 531 g/mol. The molecular formula is C26H34N4O6S. The van der Waals surface area contributed by atoms with Gasteiger partial charge in [0.2, 0.25) is 0 Å². The number of nitrogens with one attached hydrogen (secondary N) is 1. The molecule has 1 amide bonds. The van der Waals surface area contributed by atoms with Gasteiger partial charge in [-0.2, -0.15) is 5.10 Å². The number of aromatic nitrogens is 3. The summed E-state index contributed by atoms with van der Waals surface area (Å²) in [5, 5.41) is 8.24. The second-order valence-corrected chi connectivity index (χ2v) is 11.7. The van der Waals surface area contributed by atoms with Crippen LogP contribution in [0.5, 0.6) is 11.5 Å². The Bertz CT molecular complexity index is 1400. The molecule has 0 bridgehead atoms. The molecule has 3 aromatic rings. The molecule has 1 aliphatic heterocycles. The molecule has 1 atom stereocenters. The number of fused-ring (bicyclic) bond motifs is 1. The van der Waals surface area contributed by atoms with Crippen LogP contribution in [0, 0.1) is 6.92 Å². The number of pyridine rings is 1. The van der Waals surface area contributed by atoms with Crippen LogP contribution in [0.15, 0.2) is 24.3 Å². The fraction of sp³-hybridized carbons (Fsp3) is 0.500. The molecule has 1 unspecified atom stereocenters. The number of carbonyl (C=O) groups is 1. The topological polar surface area (TPSA) is 122 Å². The van der Waals surface area contributed by atoms with E-state index in [0.717, 1.165) is 5.56 Å². The minimum Gasteiger partial charge on any atom is -0.493 e. The van der Waals surface area contributed by atoms with Crippen LogP contribution in [0.3, 0.4) is 0 Å². The van der Waals surface area contributed by atoms with Crippen LogP contribution < -0.4 is 14.8 Å². The molecule has 11 heteroatoms. The first-order chi connectivity index (χ1) is 17.6. The Morgan fingerprint density at radius 3 is 2.59 bits per heavy atom. The molecule has 1 aliphatic rings. The summed E-state index contributed by atoms with van der Waals surface area (Å²) in [6.45, 7) is 6.76. The molecule has 3 heterocycles. The molecule has 1 fully saturated rings. The molecule has 0 radical (unpaired) electrons. The second kappa shape index (κ2) is 11.1. The van der Waals surface area contributed by atoms with Crippen molar-refractivity contribution in [3.05, 3.63) is 35.5 Å². The highest BCUT2D eigenvalue weighted by molar-refractivity contribution is 7.91. The van der Waals surface area contributed by atoms with Crippen LogP contribution in [0.1, 0.15) is 48.8 Å². The van der Waals surface area contributed by atoms with Gasteiger partial charge in [0.05, 0.1) is 60.2 Å². The normalized spacial score (nSPS) is 16.9. The van der Waals surface area contributed by atoms with Crippen molar-refractivity contribution in [3.63, 3.8) is 0 Å². The van der Waals surface area contributed by atoms with Crippen LogP contribution in [0.4, 0.5) is 0 Å². The molecule has 0 aliphatic carbocycles. The summed E-state index contributed by atoms with van der Waals surface area (Å²) in [7, 11) is -0.0247. The number of hydrogen-bond donors (Lipinski definition) is 1. The van der Waals surface area contributed by atoms with E-state index in [1.807, 2.05) is 26.8 Å². The maximum Gasteiger partial charge on any atom is 0.252 e.